The molecule has 0 aliphatic carbocycles. The van der Waals surface area contributed by atoms with E-state index in [4.69, 9.17) is 24.9 Å². The average Bonchev–Trinajstić information content (AvgIpc) is 2.57. The van der Waals surface area contributed by atoms with E-state index in [2.05, 4.69) is 0 Å². The van der Waals surface area contributed by atoms with Crippen molar-refractivity contribution in [1.82, 2.24) is 4.90 Å². The average molecular weight is 438 g/mol. The molecule has 0 bridgehead atoms. The monoisotopic (exact) mass is 437 g/mol. The van der Waals surface area contributed by atoms with Crippen LogP contribution in [0.2, 0.25) is 0 Å². The van der Waals surface area contributed by atoms with Gasteiger partial charge in [-0.2, -0.15) is 0 Å². The molecule has 158 valence electrons. The molecule has 0 radical (unpaired) electrons. The van der Waals surface area contributed by atoms with E-state index in [-0.39, 0.29) is 35.8 Å². The van der Waals surface area contributed by atoms with Gasteiger partial charge in [0.15, 0.2) is 4.90 Å². The van der Waals surface area contributed by atoms with Crippen LogP contribution in [-0.2, 0) is 13.8 Å². The molecular formula is C18H25ClFNO6S. The van der Waals surface area contributed by atoms with Crippen molar-refractivity contribution in [2.45, 2.75) is 56.3 Å². The third kappa shape index (κ3) is 5.20. The Kier molecular flexibility index (Phi) is 6.70. The molecule has 1 heterocycles. The van der Waals surface area contributed by atoms with E-state index >= 15 is 0 Å². The minimum Gasteiger partial charge on any atom is -0.495 e. The lowest BCUT2D eigenvalue weighted by Gasteiger charge is -2.38. The summed E-state index contributed by atoms with van der Waals surface area (Å²) in [5.41, 5.74) is -0.244. The van der Waals surface area contributed by atoms with Crippen LogP contribution in [0.1, 0.15) is 45.2 Å². The molecule has 0 N–H and O–H groups in total. The zero-order valence-electron chi connectivity index (χ0n) is 16.5. The summed E-state index contributed by atoms with van der Waals surface area (Å²) in [6, 6.07) is 2.18. The predicted octanol–water partition coefficient (Wildman–Crippen LogP) is 4.04. The number of amides is 1. The number of hydrogen-bond acceptors (Lipinski definition) is 6. The highest BCUT2D eigenvalue weighted by Gasteiger charge is 2.37. The predicted molar refractivity (Wildman–Crippen MR) is 102 cm³/mol. The van der Waals surface area contributed by atoms with Gasteiger partial charge in [0.1, 0.15) is 23.3 Å². The Morgan fingerprint density at radius 1 is 1.21 bits per heavy atom. The van der Waals surface area contributed by atoms with Gasteiger partial charge in [0.25, 0.3) is 9.05 Å². The third-order valence-corrected chi connectivity index (χ3v) is 5.63. The second kappa shape index (κ2) is 8.32. The fourth-order valence-electron chi connectivity index (χ4n) is 3.11. The van der Waals surface area contributed by atoms with Gasteiger partial charge in [0.05, 0.1) is 20.3 Å². The molecule has 1 fully saturated rings. The molecule has 0 spiro atoms. The fourth-order valence-corrected chi connectivity index (χ4v) is 4.33. The minimum atomic E-state index is -4.16. The van der Waals surface area contributed by atoms with E-state index < -0.39 is 33.0 Å². The molecule has 2 rings (SSSR count). The van der Waals surface area contributed by atoms with Crippen LogP contribution in [-0.4, -0.2) is 51.9 Å². The van der Waals surface area contributed by atoms with E-state index in [1.165, 1.54) is 31.3 Å². The topological polar surface area (TPSA) is 82.1 Å². The lowest BCUT2D eigenvalue weighted by Crippen LogP contribution is -2.44. The second-order valence-corrected chi connectivity index (χ2v) is 10.0. The molecule has 0 unspecified atom stereocenters. The molecular weight excluding hydrogens is 413 g/mol. The van der Waals surface area contributed by atoms with E-state index in [1.54, 1.807) is 20.8 Å². The molecule has 1 amide bonds. The summed E-state index contributed by atoms with van der Waals surface area (Å²) >= 11 is 0. The first-order chi connectivity index (χ1) is 12.9. The van der Waals surface area contributed by atoms with E-state index in [9.17, 15) is 17.6 Å². The number of ether oxygens (including phenoxy) is 3. The molecule has 1 aromatic rings. The highest BCUT2D eigenvalue weighted by molar-refractivity contribution is 8.13. The second-order valence-electron chi connectivity index (χ2n) is 7.50. The van der Waals surface area contributed by atoms with Crippen LogP contribution in [0.15, 0.2) is 17.0 Å². The van der Waals surface area contributed by atoms with Crippen molar-refractivity contribution in [2.24, 2.45) is 0 Å². The maximum atomic E-state index is 14.2. The number of piperidine rings is 1. The summed E-state index contributed by atoms with van der Waals surface area (Å²) in [6.07, 6.45) is -1.45. The van der Waals surface area contributed by atoms with Crippen LogP contribution in [0, 0.1) is 0 Å². The van der Waals surface area contributed by atoms with Crippen molar-refractivity contribution in [3.63, 3.8) is 0 Å². The molecule has 0 saturated carbocycles. The summed E-state index contributed by atoms with van der Waals surface area (Å²) in [4.78, 5) is 13.8. The molecule has 10 heteroatoms. The number of nitrogens with zero attached hydrogens (tertiary/aromatic N) is 1. The Morgan fingerprint density at radius 3 is 2.18 bits per heavy atom. The normalized spacial score (nSPS) is 20.6. The maximum absolute atomic E-state index is 14.2. The zero-order valence-corrected chi connectivity index (χ0v) is 18.1. The largest absolute Gasteiger partial charge is 0.495 e. The van der Waals surface area contributed by atoms with Crippen molar-refractivity contribution in [3.8, 4) is 11.5 Å². The van der Waals surface area contributed by atoms with Gasteiger partial charge in [-0.1, -0.05) is 0 Å². The Labute approximate surface area is 169 Å². The SMILES string of the molecule is COc1cc([C@H]2C[C@H](F)CCN2C(=O)OC(C)(C)C)cc(OC)c1S(=O)(=O)Cl. The number of alkyl halides is 1. The molecule has 0 aromatic heterocycles. The molecule has 28 heavy (non-hydrogen) atoms. The Balaban J connectivity index is 2.53. The van der Waals surface area contributed by atoms with Gasteiger partial charge in [0.2, 0.25) is 0 Å². The Morgan fingerprint density at radius 2 is 1.75 bits per heavy atom. The first-order valence-electron chi connectivity index (χ1n) is 8.71. The summed E-state index contributed by atoms with van der Waals surface area (Å²) < 4.78 is 53.8. The Hall–Kier alpha value is -1.74. The zero-order chi connectivity index (χ0) is 21.3. The summed E-state index contributed by atoms with van der Waals surface area (Å²) in [7, 11) is 3.92. The number of likely N-dealkylation sites (tertiary alicyclic amines) is 1. The fraction of sp³-hybridized carbons (Fsp3) is 0.611. The summed E-state index contributed by atoms with van der Waals surface area (Å²) in [6.45, 7) is 5.40. The van der Waals surface area contributed by atoms with Crippen molar-refractivity contribution in [3.05, 3.63) is 17.7 Å². The van der Waals surface area contributed by atoms with Crippen molar-refractivity contribution in [2.75, 3.05) is 20.8 Å². The quantitative estimate of drug-likeness (QED) is 0.661. The standard InChI is InChI=1S/C18H25ClFNO6S/c1-18(2,3)27-17(22)21-7-6-12(20)10-13(21)11-8-14(25-4)16(28(19,23)24)15(9-11)26-5/h8-9,12-13H,6-7,10H2,1-5H3/t12-,13-/m1/s1. The minimum absolute atomic E-state index is 0.0402. The molecule has 2 atom stereocenters. The van der Waals surface area contributed by atoms with E-state index in [0.29, 0.717) is 5.56 Å². The smallest absolute Gasteiger partial charge is 0.410 e. The highest BCUT2D eigenvalue weighted by Crippen LogP contribution is 2.42. The van der Waals surface area contributed by atoms with Crippen molar-refractivity contribution < 1.29 is 31.8 Å². The summed E-state index contributed by atoms with van der Waals surface area (Å²) in [5.74, 6) is -0.0936. The van der Waals surface area contributed by atoms with Gasteiger partial charge < -0.3 is 19.1 Å². The van der Waals surface area contributed by atoms with Gasteiger partial charge in [-0.25, -0.2) is 17.6 Å². The van der Waals surface area contributed by atoms with Crippen LogP contribution < -0.4 is 9.47 Å². The number of carbonyl (C=O) groups excluding carboxylic acids is 1. The van der Waals surface area contributed by atoms with Gasteiger partial charge in [0, 0.05) is 23.6 Å². The summed E-state index contributed by atoms with van der Waals surface area (Å²) in [5, 5.41) is 0. The lowest BCUT2D eigenvalue weighted by molar-refractivity contribution is 0.00156. The molecule has 7 nitrogen and oxygen atoms in total. The lowest BCUT2D eigenvalue weighted by atomic mass is 9.94. The van der Waals surface area contributed by atoms with Crippen LogP contribution in [0.3, 0.4) is 0 Å². The molecule has 1 saturated heterocycles. The number of halogens is 2. The van der Waals surface area contributed by atoms with E-state index in [0.717, 1.165) is 0 Å². The maximum Gasteiger partial charge on any atom is 0.410 e. The van der Waals surface area contributed by atoms with Crippen molar-refractivity contribution >= 4 is 25.8 Å². The van der Waals surface area contributed by atoms with E-state index in [1.807, 2.05) is 0 Å². The van der Waals surface area contributed by atoms with Crippen LogP contribution >= 0.6 is 10.7 Å². The molecule has 1 aromatic carbocycles. The van der Waals surface area contributed by atoms with Crippen molar-refractivity contribution in [1.29, 1.82) is 0 Å². The van der Waals surface area contributed by atoms with Gasteiger partial charge in [-0.05, 0) is 44.9 Å². The third-order valence-electron chi connectivity index (χ3n) is 4.28. The molecule has 1 aliphatic rings. The van der Waals surface area contributed by atoms with Gasteiger partial charge in [-0.15, -0.1) is 0 Å². The van der Waals surface area contributed by atoms with Gasteiger partial charge >= 0.3 is 6.09 Å². The van der Waals surface area contributed by atoms with Crippen LogP contribution in [0.5, 0.6) is 11.5 Å². The van der Waals surface area contributed by atoms with Crippen LogP contribution in [0.4, 0.5) is 9.18 Å². The number of methoxy groups -OCH3 is 2. The van der Waals surface area contributed by atoms with Gasteiger partial charge in [-0.3, -0.25) is 0 Å². The first kappa shape index (κ1) is 22.5. The molecule has 1 aliphatic heterocycles. The van der Waals surface area contributed by atoms with Crippen LogP contribution in [0.25, 0.3) is 0 Å². The number of benzene rings is 1. The number of carbonyl (C=O) groups is 1. The highest BCUT2D eigenvalue weighted by atomic mass is 35.7. The number of hydrogen-bond donors (Lipinski definition) is 0. The number of rotatable bonds is 4. The first-order valence-corrected chi connectivity index (χ1v) is 11.0. The Bertz CT molecular complexity index is 814.